The van der Waals surface area contributed by atoms with E-state index in [2.05, 4.69) is 6.92 Å². The van der Waals surface area contributed by atoms with Crippen molar-refractivity contribution in [1.82, 2.24) is 9.80 Å². The van der Waals surface area contributed by atoms with E-state index in [4.69, 9.17) is 4.42 Å². The van der Waals surface area contributed by atoms with Gasteiger partial charge < -0.3 is 9.32 Å². The first-order valence-corrected chi connectivity index (χ1v) is 10.1. The lowest BCUT2D eigenvalue weighted by atomic mass is 9.81. The van der Waals surface area contributed by atoms with Gasteiger partial charge in [-0.1, -0.05) is 19.8 Å². The number of hydrogen-bond acceptors (Lipinski definition) is 4. The van der Waals surface area contributed by atoms with Gasteiger partial charge in [0.15, 0.2) is 0 Å². The fourth-order valence-electron chi connectivity index (χ4n) is 4.57. The Kier molecular flexibility index (Phi) is 4.82. The first kappa shape index (κ1) is 18.3. The third-order valence-electron chi connectivity index (χ3n) is 6.46. The number of rotatable bonds is 6. The van der Waals surface area contributed by atoms with Crippen LogP contribution in [0.15, 0.2) is 16.5 Å². The normalized spacial score (nSPS) is 29.8. The molecule has 0 N–H and O–H groups in total. The van der Waals surface area contributed by atoms with Crippen LogP contribution in [0.2, 0.25) is 0 Å². The van der Waals surface area contributed by atoms with E-state index in [1.54, 1.807) is 11.9 Å². The van der Waals surface area contributed by atoms with Crippen LogP contribution < -0.4 is 0 Å². The Morgan fingerprint density at radius 2 is 1.78 bits per heavy atom. The largest absolute Gasteiger partial charge is 0.464 e. The predicted octanol–water partition coefficient (Wildman–Crippen LogP) is 2.93. The zero-order valence-electron chi connectivity index (χ0n) is 16.1. The molecule has 3 aliphatic rings. The Morgan fingerprint density at radius 3 is 2.37 bits per heavy atom. The smallest absolute Gasteiger partial charge is 0.233 e. The monoisotopic (exact) mass is 372 g/mol. The third-order valence-corrected chi connectivity index (χ3v) is 6.46. The van der Waals surface area contributed by atoms with Crippen molar-refractivity contribution >= 4 is 17.7 Å². The minimum absolute atomic E-state index is 0.0746. The molecule has 2 aliphatic carbocycles. The van der Waals surface area contributed by atoms with Crippen LogP contribution in [0.4, 0.5) is 0 Å². The summed E-state index contributed by atoms with van der Waals surface area (Å²) in [4.78, 5) is 40.4. The van der Waals surface area contributed by atoms with Crippen LogP contribution in [0.1, 0.15) is 62.9 Å². The summed E-state index contributed by atoms with van der Waals surface area (Å²) in [6.45, 7) is 2.81. The van der Waals surface area contributed by atoms with Gasteiger partial charge in [-0.15, -0.1) is 0 Å². The lowest BCUT2D eigenvalue weighted by molar-refractivity contribution is -0.140. The Morgan fingerprint density at radius 1 is 1.15 bits per heavy atom. The van der Waals surface area contributed by atoms with Crippen LogP contribution in [0.5, 0.6) is 0 Å². The van der Waals surface area contributed by atoms with Gasteiger partial charge in [-0.3, -0.25) is 19.3 Å². The standard InChI is InChI=1S/C21H28N2O4/c1-13-11-17(13)18-8-7-14(27-18)12-22(2)19(24)9-10-23-20(25)15-5-3-4-6-16(15)21(23)26/h7-8,13,15-17H,3-6,9-12H2,1-2H3/t13-,15-,16+,17+/m0/s1. The van der Waals surface area contributed by atoms with Crippen LogP contribution in [-0.2, 0) is 20.9 Å². The summed E-state index contributed by atoms with van der Waals surface area (Å²) in [6, 6.07) is 3.94. The zero-order valence-corrected chi connectivity index (χ0v) is 16.1. The minimum atomic E-state index is -0.148. The number of furan rings is 1. The second-order valence-corrected chi connectivity index (χ2v) is 8.45. The average Bonchev–Trinajstić information content (AvgIpc) is 3.12. The van der Waals surface area contributed by atoms with Crippen molar-refractivity contribution < 1.29 is 18.8 Å². The highest BCUT2D eigenvalue weighted by molar-refractivity contribution is 6.05. The second kappa shape index (κ2) is 7.13. The van der Waals surface area contributed by atoms with Gasteiger partial charge in [0.05, 0.1) is 18.4 Å². The highest BCUT2D eigenvalue weighted by atomic mass is 16.3. The molecular formula is C21H28N2O4. The van der Waals surface area contributed by atoms with E-state index in [-0.39, 0.29) is 42.5 Å². The van der Waals surface area contributed by atoms with Crippen LogP contribution in [0, 0.1) is 17.8 Å². The maximum Gasteiger partial charge on any atom is 0.233 e. The number of carbonyl (C=O) groups is 3. The molecule has 3 amide bonds. The summed E-state index contributed by atoms with van der Waals surface area (Å²) >= 11 is 0. The molecule has 1 aromatic heterocycles. The maximum atomic E-state index is 12.5. The molecule has 146 valence electrons. The van der Waals surface area contributed by atoms with Crippen molar-refractivity contribution in [2.24, 2.45) is 17.8 Å². The quantitative estimate of drug-likeness (QED) is 0.720. The molecule has 1 aromatic rings. The second-order valence-electron chi connectivity index (χ2n) is 8.45. The molecule has 2 heterocycles. The Hall–Kier alpha value is -2.11. The summed E-state index contributed by atoms with van der Waals surface area (Å²) in [5, 5.41) is 0. The Bertz CT molecular complexity index is 731. The summed E-state index contributed by atoms with van der Waals surface area (Å²) in [7, 11) is 1.73. The Balaban J connectivity index is 1.29. The molecule has 1 aliphatic heterocycles. The van der Waals surface area contributed by atoms with E-state index >= 15 is 0 Å². The van der Waals surface area contributed by atoms with Crippen molar-refractivity contribution in [2.75, 3.05) is 13.6 Å². The molecule has 3 fully saturated rings. The van der Waals surface area contributed by atoms with Gasteiger partial charge in [-0.2, -0.15) is 0 Å². The highest BCUT2D eigenvalue weighted by Gasteiger charge is 2.47. The van der Waals surface area contributed by atoms with Gasteiger partial charge in [-0.25, -0.2) is 0 Å². The molecule has 0 aromatic carbocycles. The van der Waals surface area contributed by atoms with Crippen molar-refractivity contribution in [3.8, 4) is 0 Å². The predicted molar refractivity (Wildman–Crippen MR) is 98.5 cm³/mol. The number of carbonyl (C=O) groups excluding carboxylic acids is 3. The Labute approximate surface area is 159 Å². The molecule has 4 atom stereocenters. The molecule has 27 heavy (non-hydrogen) atoms. The summed E-state index contributed by atoms with van der Waals surface area (Å²) in [5.41, 5.74) is 0. The molecule has 1 saturated heterocycles. The van der Waals surface area contributed by atoms with Crippen LogP contribution in [0.25, 0.3) is 0 Å². The molecule has 2 saturated carbocycles. The number of nitrogens with zero attached hydrogens (tertiary/aromatic N) is 2. The maximum absolute atomic E-state index is 12.5. The van der Waals surface area contributed by atoms with E-state index in [0.29, 0.717) is 18.4 Å². The third kappa shape index (κ3) is 3.54. The summed E-state index contributed by atoms with van der Waals surface area (Å²) in [5.74, 6) is 2.47. The van der Waals surface area contributed by atoms with Crippen molar-refractivity contribution in [3.63, 3.8) is 0 Å². The van der Waals surface area contributed by atoms with Gasteiger partial charge in [0.25, 0.3) is 0 Å². The topological polar surface area (TPSA) is 70.8 Å². The molecule has 6 heteroatoms. The molecular weight excluding hydrogens is 344 g/mol. The van der Waals surface area contributed by atoms with E-state index in [0.717, 1.165) is 37.2 Å². The molecule has 0 spiro atoms. The highest BCUT2D eigenvalue weighted by Crippen LogP contribution is 2.47. The first-order chi connectivity index (χ1) is 13.0. The van der Waals surface area contributed by atoms with Crippen LogP contribution in [0.3, 0.4) is 0 Å². The molecule has 0 unspecified atom stereocenters. The number of amides is 3. The number of likely N-dealkylation sites (tertiary alicyclic amines) is 1. The van der Waals surface area contributed by atoms with Crippen LogP contribution >= 0.6 is 0 Å². The van der Waals surface area contributed by atoms with Gasteiger partial charge >= 0.3 is 0 Å². The molecule has 0 bridgehead atoms. The number of imide groups is 1. The first-order valence-electron chi connectivity index (χ1n) is 10.1. The fraction of sp³-hybridized carbons (Fsp3) is 0.667. The zero-order chi connectivity index (χ0) is 19.1. The number of hydrogen-bond donors (Lipinski definition) is 0. The summed E-state index contributed by atoms with van der Waals surface area (Å²) < 4.78 is 5.86. The van der Waals surface area contributed by atoms with Gasteiger partial charge in [0.1, 0.15) is 11.5 Å². The number of fused-ring (bicyclic) bond motifs is 1. The van der Waals surface area contributed by atoms with Crippen molar-refractivity contribution in [2.45, 2.75) is 57.9 Å². The van der Waals surface area contributed by atoms with E-state index in [1.807, 2.05) is 12.1 Å². The summed E-state index contributed by atoms with van der Waals surface area (Å²) in [6.07, 6.45) is 4.98. The van der Waals surface area contributed by atoms with Gasteiger partial charge in [0.2, 0.25) is 17.7 Å². The lowest BCUT2D eigenvalue weighted by Crippen LogP contribution is -2.36. The van der Waals surface area contributed by atoms with E-state index in [9.17, 15) is 14.4 Å². The fourth-order valence-corrected chi connectivity index (χ4v) is 4.57. The molecule has 0 radical (unpaired) electrons. The lowest BCUT2D eigenvalue weighted by Gasteiger charge is -2.19. The SMILES string of the molecule is C[C@H]1C[C@H]1c1ccc(CN(C)C(=O)CCN2C(=O)[C@H]3CCCC[C@H]3C2=O)o1. The molecule has 6 nitrogen and oxygen atoms in total. The van der Waals surface area contributed by atoms with Crippen molar-refractivity contribution in [1.29, 1.82) is 0 Å². The van der Waals surface area contributed by atoms with Crippen LogP contribution in [-0.4, -0.2) is 41.1 Å². The van der Waals surface area contributed by atoms with E-state index in [1.165, 1.54) is 11.3 Å². The van der Waals surface area contributed by atoms with Crippen molar-refractivity contribution in [3.05, 3.63) is 23.7 Å². The average molecular weight is 372 g/mol. The molecule has 4 rings (SSSR count). The van der Waals surface area contributed by atoms with Gasteiger partial charge in [-0.05, 0) is 37.3 Å². The minimum Gasteiger partial charge on any atom is -0.464 e. The van der Waals surface area contributed by atoms with E-state index < -0.39 is 0 Å². The van der Waals surface area contributed by atoms with Gasteiger partial charge in [0, 0.05) is 25.9 Å².